The summed E-state index contributed by atoms with van der Waals surface area (Å²) in [4.78, 5) is 16.8. The van der Waals surface area contributed by atoms with Gasteiger partial charge in [0.05, 0.1) is 0 Å². The lowest BCUT2D eigenvalue weighted by Crippen LogP contribution is -2.58. The van der Waals surface area contributed by atoms with Crippen LogP contribution >= 0.6 is 0 Å². The summed E-state index contributed by atoms with van der Waals surface area (Å²) in [6.07, 6.45) is -0.353. The highest BCUT2D eigenvalue weighted by molar-refractivity contribution is 5.67. The maximum atomic E-state index is 11.9. The molecule has 1 aromatic carbocycles. The van der Waals surface area contributed by atoms with Crippen LogP contribution < -0.4 is 5.32 Å². The van der Waals surface area contributed by atoms with Crippen molar-refractivity contribution < 1.29 is 9.53 Å². The van der Waals surface area contributed by atoms with Crippen molar-refractivity contribution in [2.45, 2.75) is 32.9 Å². The number of alkyl carbamates (subject to hydrolysis) is 1. The molecule has 1 fully saturated rings. The monoisotopic (exact) mass is 319 g/mol. The predicted molar refractivity (Wildman–Crippen MR) is 92.4 cm³/mol. The average Bonchev–Trinajstić information content (AvgIpc) is 2.59. The largest absolute Gasteiger partial charge is 0.445 e. The first-order chi connectivity index (χ1) is 11.0. The molecule has 5 heteroatoms. The van der Waals surface area contributed by atoms with Crippen molar-refractivity contribution in [3.05, 3.63) is 35.9 Å². The number of rotatable bonds is 6. The van der Waals surface area contributed by atoms with Crippen molar-refractivity contribution in [1.29, 1.82) is 0 Å². The second-order valence-electron chi connectivity index (χ2n) is 6.65. The Morgan fingerprint density at radius 2 is 1.83 bits per heavy atom. The quantitative estimate of drug-likeness (QED) is 0.874. The average molecular weight is 319 g/mol. The van der Waals surface area contributed by atoms with Gasteiger partial charge in [0.15, 0.2) is 0 Å². The molecule has 1 aliphatic heterocycles. The second kappa shape index (κ2) is 8.31. The molecule has 23 heavy (non-hydrogen) atoms. The van der Waals surface area contributed by atoms with Crippen molar-refractivity contribution >= 4 is 6.09 Å². The lowest BCUT2D eigenvalue weighted by molar-refractivity contribution is 0.0522. The summed E-state index contributed by atoms with van der Waals surface area (Å²) >= 11 is 0. The number of piperazine rings is 1. The number of carbonyl (C=O) groups is 1. The fourth-order valence-electron chi connectivity index (χ4n) is 2.84. The van der Waals surface area contributed by atoms with Gasteiger partial charge in [-0.15, -0.1) is 0 Å². The van der Waals surface area contributed by atoms with Crippen LogP contribution in [0.3, 0.4) is 0 Å². The minimum Gasteiger partial charge on any atom is -0.445 e. The minimum absolute atomic E-state index is 0.0639. The Bertz CT molecular complexity index is 482. The van der Waals surface area contributed by atoms with E-state index < -0.39 is 0 Å². The summed E-state index contributed by atoms with van der Waals surface area (Å²) in [7, 11) is 0. The maximum absolute atomic E-state index is 11.9. The summed E-state index contributed by atoms with van der Waals surface area (Å²) in [5.74, 6) is 0. The number of hydrogen-bond donors (Lipinski definition) is 1. The second-order valence-corrected chi connectivity index (χ2v) is 6.65. The molecular formula is C18H29N3O2. The SMILES string of the molecule is CCN1CCN(C(C)(C)CNC(=O)OCc2ccccc2)CC1. The number of ether oxygens (including phenoxy) is 1. The first-order valence-electron chi connectivity index (χ1n) is 8.43. The Labute approximate surface area is 139 Å². The summed E-state index contributed by atoms with van der Waals surface area (Å²) < 4.78 is 5.27. The van der Waals surface area contributed by atoms with Gasteiger partial charge in [0.2, 0.25) is 0 Å². The molecule has 0 bridgehead atoms. The van der Waals surface area contributed by atoms with Gasteiger partial charge in [-0.1, -0.05) is 37.3 Å². The van der Waals surface area contributed by atoms with Crippen LogP contribution in [-0.4, -0.2) is 60.7 Å². The van der Waals surface area contributed by atoms with E-state index in [9.17, 15) is 4.79 Å². The van der Waals surface area contributed by atoms with Crippen molar-refractivity contribution in [3.8, 4) is 0 Å². The molecule has 0 saturated carbocycles. The number of benzene rings is 1. The fourth-order valence-corrected chi connectivity index (χ4v) is 2.84. The Morgan fingerprint density at radius 3 is 2.43 bits per heavy atom. The number of nitrogens with one attached hydrogen (secondary N) is 1. The Kier molecular flexibility index (Phi) is 6.42. The summed E-state index contributed by atoms with van der Waals surface area (Å²) in [5.41, 5.74) is 0.934. The first kappa shape index (κ1) is 17.8. The molecule has 1 aromatic rings. The van der Waals surface area contributed by atoms with Crippen LogP contribution in [0.2, 0.25) is 0 Å². The van der Waals surface area contributed by atoms with Crippen LogP contribution in [0.15, 0.2) is 30.3 Å². The molecule has 1 amide bonds. The molecule has 0 aromatic heterocycles. The van der Waals surface area contributed by atoms with Crippen LogP contribution in [0.5, 0.6) is 0 Å². The minimum atomic E-state index is -0.353. The Balaban J connectivity index is 1.72. The smallest absolute Gasteiger partial charge is 0.407 e. The molecule has 0 atom stereocenters. The van der Waals surface area contributed by atoms with Gasteiger partial charge in [0.25, 0.3) is 0 Å². The highest BCUT2D eigenvalue weighted by atomic mass is 16.5. The topological polar surface area (TPSA) is 44.8 Å². The van der Waals surface area contributed by atoms with Gasteiger partial charge in [-0.05, 0) is 26.0 Å². The molecule has 0 unspecified atom stereocenters. The molecule has 1 aliphatic rings. The van der Waals surface area contributed by atoms with E-state index in [2.05, 4.69) is 35.9 Å². The maximum Gasteiger partial charge on any atom is 0.407 e. The van der Waals surface area contributed by atoms with Gasteiger partial charge in [0, 0.05) is 38.3 Å². The zero-order valence-corrected chi connectivity index (χ0v) is 14.5. The van der Waals surface area contributed by atoms with E-state index >= 15 is 0 Å². The zero-order valence-electron chi connectivity index (χ0n) is 14.5. The van der Waals surface area contributed by atoms with Crippen molar-refractivity contribution in [1.82, 2.24) is 15.1 Å². The van der Waals surface area contributed by atoms with E-state index in [4.69, 9.17) is 4.74 Å². The van der Waals surface area contributed by atoms with Gasteiger partial charge < -0.3 is 15.0 Å². The predicted octanol–water partition coefficient (Wildman–Crippen LogP) is 2.33. The van der Waals surface area contributed by atoms with E-state index in [0.29, 0.717) is 13.2 Å². The molecule has 1 heterocycles. The molecule has 0 aliphatic carbocycles. The van der Waals surface area contributed by atoms with E-state index in [1.165, 1.54) is 0 Å². The molecule has 128 valence electrons. The van der Waals surface area contributed by atoms with E-state index in [1.807, 2.05) is 30.3 Å². The molecule has 2 rings (SSSR count). The Morgan fingerprint density at radius 1 is 1.17 bits per heavy atom. The van der Waals surface area contributed by atoms with Gasteiger partial charge in [-0.3, -0.25) is 4.90 Å². The Hall–Kier alpha value is -1.59. The van der Waals surface area contributed by atoms with Gasteiger partial charge in [-0.25, -0.2) is 4.79 Å². The fraction of sp³-hybridized carbons (Fsp3) is 0.611. The molecule has 1 N–H and O–H groups in total. The van der Waals surface area contributed by atoms with Crippen LogP contribution in [-0.2, 0) is 11.3 Å². The third-order valence-electron chi connectivity index (χ3n) is 4.55. The van der Waals surface area contributed by atoms with Crippen LogP contribution in [0.1, 0.15) is 26.3 Å². The summed E-state index contributed by atoms with van der Waals surface area (Å²) in [5, 5.41) is 2.90. The lowest BCUT2D eigenvalue weighted by atomic mass is 10.0. The third kappa shape index (κ3) is 5.52. The number of nitrogens with zero attached hydrogens (tertiary/aromatic N) is 2. The van der Waals surface area contributed by atoms with E-state index in [-0.39, 0.29) is 11.6 Å². The molecule has 5 nitrogen and oxygen atoms in total. The normalized spacial score (nSPS) is 17.0. The van der Waals surface area contributed by atoms with Crippen LogP contribution in [0.4, 0.5) is 4.79 Å². The van der Waals surface area contributed by atoms with Crippen molar-refractivity contribution in [2.75, 3.05) is 39.3 Å². The number of carbonyl (C=O) groups excluding carboxylic acids is 1. The lowest BCUT2D eigenvalue weighted by Gasteiger charge is -2.43. The molecule has 0 spiro atoms. The highest BCUT2D eigenvalue weighted by Crippen LogP contribution is 2.16. The molecule has 1 saturated heterocycles. The van der Waals surface area contributed by atoms with Crippen molar-refractivity contribution in [2.24, 2.45) is 0 Å². The molecular weight excluding hydrogens is 290 g/mol. The first-order valence-corrected chi connectivity index (χ1v) is 8.43. The molecule has 0 radical (unpaired) electrons. The van der Waals surface area contributed by atoms with E-state index in [0.717, 1.165) is 38.3 Å². The third-order valence-corrected chi connectivity index (χ3v) is 4.55. The summed E-state index contributed by atoms with van der Waals surface area (Å²) in [6, 6.07) is 9.73. The number of amides is 1. The van der Waals surface area contributed by atoms with Gasteiger partial charge in [0.1, 0.15) is 6.61 Å². The van der Waals surface area contributed by atoms with Crippen LogP contribution in [0.25, 0.3) is 0 Å². The van der Waals surface area contributed by atoms with Gasteiger partial charge >= 0.3 is 6.09 Å². The zero-order chi connectivity index (χ0) is 16.7. The van der Waals surface area contributed by atoms with Crippen molar-refractivity contribution in [3.63, 3.8) is 0 Å². The number of hydrogen-bond acceptors (Lipinski definition) is 4. The summed E-state index contributed by atoms with van der Waals surface area (Å²) in [6.45, 7) is 12.8. The van der Waals surface area contributed by atoms with Crippen LogP contribution in [0, 0.1) is 0 Å². The van der Waals surface area contributed by atoms with E-state index in [1.54, 1.807) is 0 Å². The standard InChI is InChI=1S/C18H29N3O2/c1-4-20-10-12-21(13-11-20)18(2,3)15-19-17(22)23-14-16-8-6-5-7-9-16/h5-9H,4,10-15H2,1-3H3,(H,19,22). The van der Waals surface area contributed by atoms with Gasteiger partial charge in [-0.2, -0.15) is 0 Å². The number of likely N-dealkylation sites (N-methyl/N-ethyl adjacent to an activating group) is 1. The highest BCUT2D eigenvalue weighted by Gasteiger charge is 2.30.